The Morgan fingerprint density at radius 3 is 2.27 bits per heavy atom. The molecule has 0 radical (unpaired) electrons. The SMILES string of the molecule is Cc1ccc(N(C(=O)[C@@H]2OCO[C@H]2C(=O)NC(Cc2ccc(OCc3c(Cl)cccc3Cl)cc2)C(=O)O)c2cc(C(C)(C)C)n[nH]2)cc1. The fourth-order valence-electron chi connectivity index (χ4n) is 5.03. The first-order valence-electron chi connectivity index (χ1n) is 15.2. The largest absolute Gasteiger partial charge is 0.489 e. The molecule has 2 heterocycles. The third-order valence-corrected chi connectivity index (χ3v) is 8.49. The Labute approximate surface area is 288 Å². The van der Waals surface area contributed by atoms with E-state index in [2.05, 4.69) is 15.5 Å². The maximum absolute atomic E-state index is 14.1. The van der Waals surface area contributed by atoms with Crippen molar-refractivity contribution in [2.45, 2.75) is 64.4 Å². The number of carbonyl (C=O) groups excluding carboxylic acids is 2. The number of benzene rings is 3. The molecule has 1 fully saturated rings. The second-order valence-electron chi connectivity index (χ2n) is 12.4. The molecule has 0 saturated carbocycles. The first-order chi connectivity index (χ1) is 22.8. The number of nitrogens with one attached hydrogen (secondary N) is 2. The number of aromatic nitrogens is 2. The highest BCUT2D eigenvalue weighted by molar-refractivity contribution is 6.35. The van der Waals surface area contributed by atoms with Gasteiger partial charge in [-0.15, -0.1) is 0 Å². The van der Waals surface area contributed by atoms with E-state index in [1.165, 1.54) is 4.90 Å². The van der Waals surface area contributed by atoms with Gasteiger partial charge in [0.05, 0.1) is 11.4 Å². The molecule has 1 aliphatic rings. The Kier molecular flexibility index (Phi) is 10.7. The summed E-state index contributed by atoms with van der Waals surface area (Å²) < 4.78 is 17.0. The molecule has 0 spiro atoms. The third kappa shape index (κ3) is 8.16. The molecular weight excluding hydrogens is 659 g/mol. The molecule has 4 aromatic rings. The number of aliphatic carboxylic acids is 1. The predicted octanol–water partition coefficient (Wildman–Crippen LogP) is 6.12. The van der Waals surface area contributed by atoms with Crippen LogP contribution in [0.1, 0.15) is 43.2 Å². The maximum Gasteiger partial charge on any atom is 0.326 e. The number of carboxylic acids is 1. The van der Waals surface area contributed by atoms with Gasteiger partial charge in [-0.25, -0.2) is 4.79 Å². The van der Waals surface area contributed by atoms with Crippen molar-refractivity contribution in [1.82, 2.24) is 15.5 Å². The molecule has 48 heavy (non-hydrogen) atoms. The fourth-order valence-corrected chi connectivity index (χ4v) is 5.53. The van der Waals surface area contributed by atoms with Gasteiger partial charge in [-0.05, 0) is 48.9 Å². The minimum absolute atomic E-state index is 0.0386. The second kappa shape index (κ2) is 14.8. The highest BCUT2D eigenvalue weighted by Gasteiger charge is 2.44. The Hall–Kier alpha value is -4.42. The van der Waals surface area contributed by atoms with E-state index < -0.39 is 36.0 Å². The zero-order chi connectivity index (χ0) is 34.6. The van der Waals surface area contributed by atoms with E-state index >= 15 is 0 Å². The molecule has 1 aromatic heterocycles. The number of hydrogen-bond acceptors (Lipinski definition) is 7. The first kappa shape index (κ1) is 34.9. The number of H-pyrrole nitrogens is 1. The Bertz CT molecular complexity index is 1750. The van der Waals surface area contributed by atoms with Crippen LogP contribution in [0.5, 0.6) is 5.75 Å². The van der Waals surface area contributed by atoms with Crippen LogP contribution in [0.2, 0.25) is 10.0 Å². The second-order valence-corrected chi connectivity index (χ2v) is 13.2. The van der Waals surface area contributed by atoms with Crippen LogP contribution in [0.3, 0.4) is 0 Å². The van der Waals surface area contributed by atoms with E-state index in [4.69, 9.17) is 37.4 Å². The number of aromatic amines is 1. The lowest BCUT2D eigenvalue weighted by Crippen LogP contribution is -2.52. The molecule has 2 amide bonds. The average Bonchev–Trinajstić information content (AvgIpc) is 3.73. The maximum atomic E-state index is 14.1. The third-order valence-electron chi connectivity index (χ3n) is 7.78. The molecule has 3 atom stereocenters. The highest BCUT2D eigenvalue weighted by Crippen LogP contribution is 2.31. The predicted molar refractivity (Wildman–Crippen MR) is 181 cm³/mol. The molecule has 11 nitrogen and oxygen atoms in total. The molecule has 1 aliphatic heterocycles. The van der Waals surface area contributed by atoms with Crippen LogP contribution in [-0.2, 0) is 42.3 Å². The van der Waals surface area contributed by atoms with Crippen LogP contribution in [0.4, 0.5) is 11.5 Å². The number of hydrogen-bond donors (Lipinski definition) is 3. The summed E-state index contributed by atoms with van der Waals surface area (Å²) in [5.41, 5.74) is 3.23. The van der Waals surface area contributed by atoms with Crippen LogP contribution >= 0.6 is 23.2 Å². The molecule has 1 unspecified atom stereocenters. The molecule has 13 heteroatoms. The van der Waals surface area contributed by atoms with Crippen molar-refractivity contribution < 1.29 is 33.7 Å². The van der Waals surface area contributed by atoms with Crippen LogP contribution < -0.4 is 15.0 Å². The number of ether oxygens (including phenoxy) is 3. The van der Waals surface area contributed by atoms with Gasteiger partial charge in [0.1, 0.15) is 31.0 Å². The van der Waals surface area contributed by atoms with E-state index in [0.717, 1.165) is 11.3 Å². The lowest BCUT2D eigenvalue weighted by Gasteiger charge is -2.26. The fraction of sp³-hybridized carbons (Fsp3) is 0.314. The van der Waals surface area contributed by atoms with Gasteiger partial charge in [0, 0.05) is 33.5 Å². The molecule has 252 valence electrons. The van der Waals surface area contributed by atoms with Crippen molar-refractivity contribution in [2.75, 3.05) is 11.7 Å². The van der Waals surface area contributed by atoms with Gasteiger partial charge in [-0.2, -0.15) is 5.10 Å². The summed E-state index contributed by atoms with van der Waals surface area (Å²) in [5, 5.41) is 20.8. The summed E-state index contributed by atoms with van der Waals surface area (Å²) >= 11 is 12.4. The number of aryl methyl sites for hydroxylation is 1. The molecule has 1 saturated heterocycles. The number of carbonyl (C=O) groups is 3. The summed E-state index contributed by atoms with van der Waals surface area (Å²) in [5.74, 6) is -1.73. The number of halogens is 2. The van der Waals surface area contributed by atoms with E-state index in [1.807, 2.05) is 39.8 Å². The topological polar surface area (TPSA) is 143 Å². The quantitative estimate of drug-likeness (QED) is 0.170. The monoisotopic (exact) mass is 694 g/mol. The van der Waals surface area contributed by atoms with Gasteiger partial charge >= 0.3 is 5.97 Å². The van der Waals surface area contributed by atoms with E-state index in [-0.39, 0.29) is 25.2 Å². The number of amides is 2. The Balaban J connectivity index is 1.28. The minimum Gasteiger partial charge on any atom is -0.489 e. The Morgan fingerprint density at radius 2 is 1.67 bits per heavy atom. The first-order valence-corrected chi connectivity index (χ1v) is 15.9. The van der Waals surface area contributed by atoms with Gasteiger partial charge in [-0.1, -0.05) is 79.9 Å². The number of rotatable bonds is 11. The number of nitrogens with zero attached hydrogens (tertiary/aromatic N) is 2. The molecule has 3 N–H and O–H groups in total. The zero-order valence-corrected chi connectivity index (χ0v) is 28.3. The van der Waals surface area contributed by atoms with Crippen LogP contribution in [-0.4, -0.2) is 58.1 Å². The summed E-state index contributed by atoms with van der Waals surface area (Å²) in [4.78, 5) is 41.2. The minimum atomic E-state index is -1.40. The smallest absolute Gasteiger partial charge is 0.326 e. The molecular formula is C35H36Cl2N4O7. The Morgan fingerprint density at radius 1 is 1.02 bits per heavy atom. The van der Waals surface area contributed by atoms with Gasteiger partial charge in [0.2, 0.25) is 0 Å². The van der Waals surface area contributed by atoms with E-state index in [1.54, 1.807) is 60.7 Å². The van der Waals surface area contributed by atoms with Gasteiger partial charge in [-0.3, -0.25) is 19.6 Å². The van der Waals surface area contributed by atoms with E-state index in [0.29, 0.717) is 38.4 Å². The van der Waals surface area contributed by atoms with Crippen molar-refractivity contribution in [3.8, 4) is 5.75 Å². The van der Waals surface area contributed by atoms with Crippen LogP contribution in [0.15, 0.2) is 72.8 Å². The summed E-state index contributed by atoms with van der Waals surface area (Å²) in [6.07, 6.45) is -2.79. The normalized spacial score (nSPS) is 16.7. The summed E-state index contributed by atoms with van der Waals surface area (Å²) in [6.45, 7) is 7.74. The van der Waals surface area contributed by atoms with Crippen molar-refractivity contribution in [2.24, 2.45) is 0 Å². The zero-order valence-electron chi connectivity index (χ0n) is 26.8. The van der Waals surface area contributed by atoms with Crippen molar-refractivity contribution in [1.29, 1.82) is 0 Å². The van der Waals surface area contributed by atoms with Crippen molar-refractivity contribution in [3.63, 3.8) is 0 Å². The highest BCUT2D eigenvalue weighted by atomic mass is 35.5. The van der Waals surface area contributed by atoms with Gasteiger partial charge in [0.15, 0.2) is 12.2 Å². The number of anilines is 2. The average molecular weight is 696 g/mol. The molecule has 0 aliphatic carbocycles. The van der Waals surface area contributed by atoms with Crippen molar-refractivity contribution in [3.05, 3.63) is 105 Å². The van der Waals surface area contributed by atoms with Crippen molar-refractivity contribution >= 4 is 52.5 Å². The summed E-state index contributed by atoms with van der Waals surface area (Å²) in [7, 11) is 0. The lowest BCUT2D eigenvalue weighted by atomic mass is 9.92. The molecule has 5 rings (SSSR count). The number of carboxylic acid groups (broad SMARTS) is 1. The van der Waals surface area contributed by atoms with E-state index in [9.17, 15) is 19.5 Å². The van der Waals surface area contributed by atoms with Gasteiger partial charge in [0.25, 0.3) is 11.8 Å². The van der Waals surface area contributed by atoms with Gasteiger partial charge < -0.3 is 24.6 Å². The molecule has 3 aromatic carbocycles. The molecule has 0 bridgehead atoms. The van der Waals surface area contributed by atoms with Crippen LogP contribution in [0, 0.1) is 6.92 Å². The van der Waals surface area contributed by atoms with Crippen LogP contribution in [0.25, 0.3) is 0 Å². The summed E-state index contributed by atoms with van der Waals surface area (Å²) in [6, 6.07) is 19.7. The standard InChI is InChI=1S/C35H36Cl2N4O7/c1-20-8-12-22(13-9-20)41(29-17-28(39-40-29)35(2,3)4)33(43)31-30(47-19-48-31)32(42)38-27(34(44)45)16-21-10-14-23(15-11-21)46-18-24-25(36)6-5-7-26(24)37/h5-15,17,27,30-31H,16,18-19H2,1-4H3,(H,38,42)(H,39,40)(H,44,45)/t27?,30-,31-/m1/s1. The lowest BCUT2D eigenvalue weighted by molar-refractivity contribution is -0.144.